The summed E-state index contributed by atoms with van der Waals surface area (Å²) < 4.78 is 0. The lowest BCUT2D eigenvalue weighted by Gasteiger charge is -2.28. The molecule has 4 heteroatoms. The number of nitrogens with zero attached hydrogens (tertiary/aromatic N) is 1. The molecule has 0 bridgehead atoms. The highest BCUT2D eigenvalue weighted by Gasteiger charge is 2.27. The molecular weight excluding hydrogens is 226 g/mol. The zero-order valence-corrected chi connectivity index (χ0v) is 10.4. The van der Waals surface area contributed by atoms with Crippen molar-refractivity contribution in [3.05, 3.63) is 29.8 Å². The Labute approximate surface area is 107 Å². The SMILES string of the molecule is CC1CCCNC1C(=O)Nc1cccc(C#N)c1. The Hall–Kier alpha value is -1.86. The topological polar surface area (TPSA) is 64.9 Å². The molecule has 2 rings (SSSR count). The number of rotatable bonds is 2. The van der Waals surface area contributed by atoms with Crippen molar-refractivity contribution in [3.8, 4) is 6.07 Å². The zero-order valence-electron chi connectivity index (χ0n) is 10.4. The number of hydrogen-bond donors (Lipinski definition) is 2. The second-order valence-corrected chi connectivity index (χ2v) is 4.73. The smallest absolute Gasteiger partial charge is 0.241 e. The van der Waals surface area contributed by atoms with Crippen LogP contribution in [-0.2, 0) is 4.79 Å². The predicted molar refractivity (Wildman–Crippen MR) is 70.0 cm³/mol. The first-order valence-corrected chi connectivity index (χ1v) is 6.25. The molecule has 2 N–H and O–H groups in total. The maximum absolute atomic E-state index is 12.1. The number of hydrogen-bond acceptors (Lipinski definition) is 3. The highest BCUT2D eigenvalue weighted by Crippen LogP contribution is 2.17. The van der Waals surface area contributed by atoms with Crippen molar-refractivity contribution in [3.63, 3.8) is 0 Å². The highest BCUT2D eigenvalue weighted by atomic mass is 16.2. The number of benzene rings is 1. The molecule has 1 saturated heterocycles. The monoisotopic (exact) mass is 243 g/mol. The molecule has 2 atom stereocenters. The van der Waals surface area contributed by atoms with Gasteiger partial charge in [0, 0.05) is 5.69 Å². The Bertz CT molecular complexity index is 478. The van der Waals surface area contributed by atoms with Gasteiger partial charge in [-0.1, -0.05) is 13.0 Å². The van der Waals surface area contributed by atoms with Crippen LogP contribution in [0.5, 0.6) is 0 Å². The number of nitrogens with one attached hydrogen (secondary N) is 2. The number of anilines is 1. The van der Waals surface area contributed by atoms with E-state index in [2.05, 4.69) is 23.6 Å². The van der Waals surface area contributed by atoms with Gasteiger partial charge in [-0.2, -0.15) is 5.26 Å². The molecule has 1 amide bonds. The van der Waals surface area contributed by atoms with Crippen molar-refractivity contribution in [1.82, 2.24) is 5.32 Å². The zero-order chi connectivity index (χ0) is 13.0. The summed E-state index contributed by atoms with van der Waals surface area (Å²) in [4.78, 5) is 12.1. The molecule has 0 aliphatic carbocycles. The molecule has 1 heterocycles. The predicted octanol–water partition coefficient (Wildman–Crippen LogP) is 1.88. The summed E-state index contributed by atoms with van der Waals surface area (Å²) in [5, 5.41) is 14.9. The van der Waals surface area contributed by atoms with Gasteiger partial charge in [0.2, 0.25) is 5.91 Å². The van der Waals surface area contributed by atoms with Crippen molar-refractivity contribution in [2.45, 2.75) is 25.8 Å². The third kappa shape index (κ3) is 2.88. The normalized spacial score (nSPS) is 23.1. The van der Waals surface area contributed by atoms with Crippen LogP contribution in [0, 0.1) is 17.2 Å². The number of nitriles is 1. The first-order chi connectivity index (χ1) is 8.70. The fourth-order valence-electron chi connectivity index (χ4n) is 2.29. The Morgan fingerprint density at radius 3 is 3.11 bits per heavy atom. The Balaban J connectivity index is 2.04. The van der Waals surface area contributed by atoms with Crippen molar-refractivity contribution in [2.75, 3.05) is 11.9 Å². The van der Waals surface area contributed by atoms with E-state index in [-0.39, 0.29) is 11.9 Å². The molecule has 0 saturated carbocycles. The summed E-state index contributed by atoms with van der Waals surface area (Å²) in [7, 11) is 0. The quantitative estimate of drug-likeness (QED) is 0.833. The third-order valence-electron chi connectivity index (χ3n) is 3.31. The van der Waals surface area contributed by atoms with Crippen LogP contribution in [0.4, 0.5) is 5.69 Å². The molecule has 1 aromatic carbocycles. The average Bonchev–Trinajstić information content (AvgIpc) is 2.39. The van der Waals surface area contributed by atoms with Gasteiger partial charge in [-0.25, -0.2) is 0 Å². The van der Waals surface area contributed by atoms with E-state index in [4.69, 9.17) is 5.26 Å². The van der Waals surface area contributed by atoms with E-state index in [0.717, 1.165) is 19.4 Å². The van der Waals surface area contributed by atoms with Gasteiger partial charge >= 0.3 is 0 Å². The van der Waals surface area contributed by atoms with Crippen LogP contribution in [0.25, 0.3) is 0 Å². The third-order valence-corrected chi connectivity index (χ3v) is 3.31. The lowest BCUT2D eigenvalue weighted by atomic mass is 9.92. The van der Waals surface area contributed by atoms with Crippen molar-refractivity contribution >= 4 is 11.6 Å². The lowest BCUT2D eigenvalue weighted by Crippen LogP contribution is -2.48. The summed E-state index contributed by atoms with van der Waals surface area (Å²) in [6.45, 7) is 2.97. The second kappa shape index (κ2) is 5.65. The fraction of sp³-hybridized carbons (Fsp3) is 0.429. The van der Waals surface area contributed by atoms with Gasteiger partial charge < -0.3 is 10.6 Å². The van der Waals surface area contributed by atoms with E-state index in [1.54, 1.807) is 24.3 Å². The summed E-state index contributed by atoms with van der Waals surface area (Å²) in [6.07, 6.45) is 2.19. The number of amides is 1. The standard InChI is InChI=1S/C14H17N3O/c1-10-4-3-7-16-13(10)14(18)17-12-6-2-5-11(8-12)9-15/h2,5-6,8,10,13,16H,3-4,7H2,1H3,(H,17,18). The van der Waals surface area contributed by atoms with E-state index >= 15 is 0 Å². The van der Waals surface area contributed by atoms with Crippen LogP contribution in [0.15, 0.2) is 24.3 Å². The maximum Gasteiger partial charge on any atom is 0.241 e. The molecule has 1 aliphatic rings. The van der Waals surface area contributed by atoms with Gasteiger partial charge in [-0.3, -0.25) is 4.79 Å². The van der Waals surface area contributed by atoms with Gasteiger partial charge in [-0.05, 0) is 43.5 Å². The van der Waals surface area contributed by atoms with Crippen molar-refractivity contribution < 1.29 is 4.79 Å². The summed E-state index contributed by atoms with van der Waals surface area (Å²) in [5.41, 5.74) is 1.23. The van der Waals surface area contributed by atoms with Gasteiger partial charge in [0.05, 0.1) is 17.7 Å². The molecule has 2 unspecified atom stereocenters. The fourth-order valence-corrected chi connectivity index (χ4v) is 2.29. The second-order valence-electron chi connectivity index (χ2n) is 4.73. The van der Waals surface area contributed by atoms with Gasteiger partial charge in [0.1, 0.15) is 0 Å². The molecule has 18 heavy (non-hydrogen) atoms. The Kier molecular flexibility index (Phi) is 3.96. The molecule has 0 aromatic heterocycles. The Morgan fingerprint density at radius 2 is 2.39 bits per heavy atom. The van der Waals surface area contributed by atoms with E-state index < -0.39 is 0 Å². The number of carbonyl (C=O) groups is 1. The van der Waals surface area contributed by atoms with Crippen LogP contribution in [0.3, 0.4) is 0 Å². The largest absolute Gasteiger partial charge is 0.325 e. The van der Waals surface area contributed by atoms with Crippen LogP contribution in [-0.4, -0.2) is 18.5 Å². The van der Waals surface area contributed by atoms with Crippen molar-refractivity contribution in [2.24, 2.45) is 5.92 Å². The van der Waals surface area contributed by atoms with Crippen LogP contribution >= 0.6 is 0 Å². The van der Waals surface area contributed by atoms with Crippen LogP contribution in [0.1, 0.15) is 25.3 Å². The van der Waals surface area contributed by atoms with Gasteiger partial charge in [0.15, 0.2) is 0 Å². The number of carbonyl (C=O) groups excluding carboxylic acids is 1. The molecular formula is C14H17N3O. The minimum atomic E-state index is -0.135. The maximum atomic E-state index is 12.1. The molecule has 94 valence electrons. The van der Waals surface area contributed by atoms with Gasteiger partial charge in [0.25, 0.3) is 0 Å². The summed E-state index contributed by atoms with van der Waals surface area (Å²) in [6, 6.07) is 8.90. The van der Waals surface area contributed by atoms with Crippen LogP contribution in [0.2, 0.25) is 0 Å². The van der Waals surface area contributed by atoms with E-state index in [9.17, 15) is 4.79 Å². The van der Waals surface area contributed by atoms with E-state index in [1.807, 2.05) is 0 Å². The van der Waals surface area contributed by atoms with Crippen LogP contribution < -0.4 is 10.6 Å². The Morgan fingerprint density at radius 1 is 1.56 bits per heavy atom. The first kappa shape index (κ1) is 12.6. The molecule has 0 spiro atoms. The van der Waals surface area contributed by atoms with Gasteiger partial charge in [-0.15, -0.1) is 0 Å². The average molecular weight is 243 g/mol. The first-order valence-electron chi connectivity index (χ1n) is 6.25. The minimum Gasteiger partial charge on any atom is -0.325 e. The molecule has 1 aromatic rings. The summed E-state index contributed by atoms with van der Waals surface area (Å²) >= 11 is 0. The molecule has 1 fully saturated rings. The molecule has 0 radical (unpaired) electrons. The van der Waals surface area contributed by atoms with E-state index in [0.29, 0.717) is 17.2 Å². The lowest BCUT2D eigenvalue weighted by molar-refractivity contribution is -0.119. The molecule has 1 aliphatic heterocycles. The summed E-state index contributed by atoms with van der Waals surface area (Å²) in [5.74, 6) is 0.329. The minimum absolute atomic E-state index is 0.0164. The molecule has 4 nitrogen and oxygen atoms in total. The van der Waals surface area contributed by atoms with E-state index in [1.165, 1.54) is 0 Å². The number of piperidine rings is 1. The highest BCUT2D eigenvalue weighted by molar-refractivity contribution is 5.95. The van der Waals surface area contributed by atoms with Crippen molar-refractivity contribution in [1.29, 1.82) is 5.26 Å².